The molecule has 0 aromatic carbocycles. The number of pyridine rings is 1. The summed E-state index contributed by atoms with van der Waals surface area (Å²) < 4.78 is 2.37. The molecule has 2 bridgehead atoms. The Balaban J connectivity index is 1.11. The van der Waals surface area contributed by atoms with Crippen molar-refractivity contribution in [2.75, 3.05) is 11.1 Å². The Hall–Kier alpha value is -2.82. The van der Waals surface area contributed by atoms with Gasteiger partial charge in [0, 0.05) is 17.8 Å². The Morgan fingerprint density at radius 3 is 2.92 bits per heavy atom. The van der Waals surface area contributed by atoms with Gasteiger partial charge in [0.05, 0.1) is 22.1 Å². The van der Waals surface area contributed by atoms with E-state index in [9.17, 15) is 0 Å². The van der Waals surface area contributed by atoms with Gasteiger partial charge in [-0.3, -0.25) is 4.98 Å². The molecule has 2 saturated carbocycles. The van der Waals surface area contributed by atoms with Crippen molar-refractivity contribution < 1.29 is 0 Å². The van der Waals surface area contributed by atoms with Gasteiger partial charge in [-0.2, -0.15) is 14.6 Å². The van der Waals surface area contributed by atoms with E-state index in [1.807, 2.05) is 18.5 Å². The smallest absolute Gasteiger partial charge is 0.248 e. The number of thiophene rings is 1. The third-order valence-electron chi connectivity index (χ3n) is 8.08. The maximum atomic E-state index is 6.23. The lowest BCUT2D eigenvalue weighted by Gasteiger charge is -2.31. The number of hydrogen-bond donors (Lipinski definition) is 3. The highest BCUT2D eigenvalue weighted by molar-refractivity contribution is 7.17. The lowest BCUT2D eigenvalue weighted by atomic mass is 9.89. The van der Waals surface area contributed by atoms with Crippen molar-refractivity contribution in [2.24, 2.45) is 11.8 Å². The molecule has 11 heteroatoms. The van der Waals surface area contributed by atoms with Crippen LogP contribution in [-0.2, 0) is 12.8 Å². The average molecular weight is 522 g/mol. The molecule has 2 fully saturated rings. The molecule has 186 valence electrons. The zero-order valence-electron chi connectivity index (χ0n) is 20.0. The molecule has 0 saturated heterocycles. The lowest BCUT2D eigenvalue weighted by molar-refractivity contribution is 0.303. The molecule has 4 aromatic rings. The van der Waals surface area contributed by atoms with Crippen molar-refractivity contribution in [2.45, 2.75) is 64.0 Å². The van der Waals surface area contributed by atoms with Gasteiger partial charge in [-0.15, -0.1) is 16.4 Å². The van der Waals surface area contributed by atoms with E-state index in [2.05, 4.69) is 36.8 Å². The van der Waals surface area contributed by atoms with Gasteiger partial charge in [0.2, 0.25) is 17.2 Å². The Labute approximate surface area is 217 Å². The zero-order chi connectivity index (χ0) is 24.4. The van der Waals surface area contributed by atoms with E-state index < -0.39 is 0 Å². The number of nitrogen functional groups attached to an aromatic ring is 1. The first kappa shape index (κ1) is 22.4. The van der Waals surface area contributed by atoms with Crippen LogP contribution in [0.4, 0.5) is 17.6 Å². The predicted octanol–water partition coefficient (Wildman–Crippen LogP) is 4.59. The van der Waals surface area contributed by atoms with E-state index >= 15 is 0 Å². The molecule has 7 rings (SSSR count). The van der Waals surface area contributed by atoms with Gasteiger partial charge in [0.25, 0.3) is 0 Å². The number of rotatable bonds is 5. The topological polar surface area (TPSA) is 119 Å². The lowest BCUT2D eigenvalue weighted by Crippen LogP contribution is -2.44. The van der Waals surface area contributed by atoms with Crippen LogP contribution in [0.3, 0.4) is 0 Å². The van der Waals surface area contributed by atoms with Crippen LogP contribution in [0.25, 0.3) is 16.0 Å². The number of halogens is 1. The summed E-state index contributed by atoms with van der Waals surface area (Å²) in [7, 11) is 0. The number of nitrogens with zero attached hydrogens (tertiary/aromatic N) is 6. The standard InChI is InChI=1S/C25H28ClN9S/c1-12-11-36-21-20(12)31-23(26)32-22(21)35-24(27)33-25(34-35)30-17-9-15-8-16(4-5-18(15)28-10-17)29-19-7-13-2-3-14(19)6-13/h9-11,13-14,16,19,29H,2-8H2,1H3,(H3,27,30,33,34). The second-order valence-corrected chi connectivity index (χ2v) is 11.7. The maximum Gasteiger partial charge on any atom is 0.248 e. The third kappa shape index (κ3) is 3.91. The van der Waals surface area contributed by atoms with Crippen LogP contribution < -0.4 is 16.4 Å². The van der Waals surface area contributed by atoms with Crippen LogP contribution in [0, 0.1) is 18.8 Å². The fourth-order valence-corrected chi connectivity index (χ4v) is 7.50. The molecule has 4 aromatic heterocycles. The summed E-state index contributed by atoms with van der Waals surface area (Å²) in [6.45, 7) is 1.99. The molecule has 36 heavy (non-hydrogen) atoms. The Bertz CT molecular complexity index is 1460. The first-order chi connectivity index (χ1) is 17.5. The molecule has 0 aliphatic heterocycles. The largest absolute Gasteiger partial charge is 0.368 e. The fourth-order valence-electron chi connectivity index (χ4n) is 6.38. The number of aryl methyl sites for hydroxylation is 2. The molecule has 4 N–H and O–H groups in total. The molecule has 9 nitrogen and oxygen atoms in total. The Kier molecular flexibility index (Phi) is 5.37. The van der Waals surface area contributed by atoms with E-state index in [-0.39, 0.29) is 11.2 Å². The SMILES string of the molecule is Cc1csc2c(-n3nc(Nc4cnc5c(c4)CC(NC4CC6CCC4C6)CC5)nc3N)nc(Cl)nc12. The van der Waals surface area contributed by atoms with E-state index in [4.69, 9.17) is 22.3 Å². The summed E-state index contributed by atoms with van der Waals surface area (Å²) >= 11 is 7.73. The Morgan fingerprint density at radius 2 is 2.08 bits per heavy atom. The van der Waals surface area contributed by atoms with Gasteiger partial charge < -0.3 is 16.4 Å². The van der Waals surface area contributed by atoms with Crippen LogP contribution >= 0.6 is 22.9 Å². The van der Waals surface area contributed by atoms with Gasteiger partial charge in [-0.1, -0.05) is 6.42 Å². The Morgan fingerprint density at radius 1 is 1.17 bits per heavy atom. The van der Waals surface area contributed by atoms with Gasteiger partial charge in [-0.25, -0.2) is 4.98 Å². The second kappa shape index (κ2) is 8.64. The summed E-state index contributed by atoms with van der Waals surface area (Å²) in [5, 5.41) is 14.0. The quantitative estimate of drug-likeness (QED) is 0.326. The predicted molar refractivity (Wildman–Crippen MR) is 142 cm³/mol. The zero-order valence-corrected chi connectivity index (χ0v) is 21.6. The normalized spacial score (nSPS) is 24.9. The molecule has 3 aliphatic carbocycles. The number of nitrogens with one attached hydrogen (secondary N) is 2. The highest BCUT2D eigenvalue weighted by Crippen LogP contribution is 2.45. The summed E-state index contributed by atoms with van der Waals surface area (Å²) in [5.74, 6) is 2.98. The van der Waals surface area contributed by atoms with E-state index in [0.29, 0.717) is 23.8 Å². The number of nitrogens with two attached hydrogens (primary N) is 1. The first-order valence-electron chi connectivity index (χ1n) is 12.7. The molecule has 0 spiro atoms. The van der Waals surface area contributed by atoms with Crippen molar-refractivity contribution in [3.05, 3.63) is 39.7 Å². The average Bonchev–Trinajstić information content (AvgIpc) is 3.64. The second-order valence-electron chi connectivity index (χ2n) is 10.5. The molecule has 3 aliphatic rings. The van der Waals surface area contributed by atoms with Crippen LogP contribution in [0.2, 0.25) is 5.28 Å². The molecule has 4 atom stereocenters. The summed E-state index contributed by atoms with van der Waals surface area (Å²) in [5.41, 5.74) is 11.4. The monoisotopic (exact) mass is 521 g/mol. The van der Waals surface area contributed by atoms with Crippen molar-refractivity contribution in [3.63, 3.8) is 0 Å². The minimum Gasteiger partial charge on any atom is -0.368 e. The minimum absolute atomic E-state index is 0.149. The van der Waals surface area contributed by atoms with Crippen LogP contribution in [-0.4, -0.2) is 41.8 Å². The van der Waals surface area contributed by atoms with Crippen molar-refractivity contribution >= 4 is 50.7 Å². The summed E-state index contributed by atoms with van der Waals surface area (Å²) in [6.07, 6.45) is 10.7. The van der Waals surface area contributed by atoms with Gasteiger partial charge in [-0.05, 0) is 91.5 Å². The molecular weight excluding hydrogens is 494 g/mol. The van der Waals surface area contributed by atoms with Crippen molar-refractivity contribution in [1.82, 2.24) is 35.0 Å². The third-order valence-corrected chi connectivity index (χ3v) is 9.33. The van der Waals surface area contributed by atoms with E-state index in [1.165, 1.54) is 53.0 Å². The summed E-state index contributed by atoms with van der Waals surface area (Å²) in [4.78, 5) is 17.9. The number of fused-ring (bicyclic) bond motifs is 4. The number of aromatic nitrogens is 6. The highest BCUT2D eigenvalue weighted by atomic mass is 35.5. The molecule has 0 amide bonds. The molecule has 0 radical (unpaired) electrons. The number of hydrogen-bond acceptors (Lipinski definition) is 9. The van der Waals surface area contributed by atoms with E-state index in [1.54, 1.807) is 0 Å². The van der Waals surface area contributed by atoms with E-state index in [0.717, 1.165) is 52.6 Å². The van der Waals surface area contributed by atoms with Crippen LogP contribution in [0.15, 0.2) is 17.6 Å². The van der Waals surface area contributed by atoms with Crippen molar-refractivity contribution in [1.29, 1.82) is 0 Å². The van der Waals surface area contributed by atoms with Crippen LogP contribution in [0.5, 0.6) is 0 Å². The van der Waals surface area contributed by atoms with Crippen molar-refractivity contribution in [3.8, 4) is 5.82 Å². The highest BCUT2D eigenvalue weighted by Gasteiger charge is 2.40. The first-order valence-corrected chi connectivity index (χ1v) is 13.9. The molecule has 4 unspecified atom stereocenters. The van der Waals surface area contributed by atoms with Gasteiger partial charge in [0.1, 0.15) is 0 Å². The van der Waals surface area contributed by atoms with Gasteiger partial charge >= 0.3 is 0 Å². The molecular formula is C25H28ClN9S. The minimum atomic E-state index is 0.149. The fraction of sp³-hybridized carbons (Fsp3) is 0.480. The van der Waals surface area contributed by atoms with Gasteiger partial charge in [0.15, 0.2) is 5.82 Å². The molecule has 4 heterocycles. The van der Waals surface area contributed by atoms with Crippen LogP contribution in [0.1, 0.15) is 48.9 Å². The maximum absolute atomic E-state index is 6.23. The number of anilines is 3. The summed E-state index contributed by atoms with van der Waals surface area (Å²) in [6, 6.07) is 3.40.